The molecule has 0 spiro atoms. The van der Waals surface area contributed by atoms with Gasteiger partial charge in [-0.15, -0.1) is 0 Å². The van der Waals surface area contributed by atoms with Gasteiger partial charge >= 0.3 is 5.97 Å². The highest BCUT2D eigenvalue weighted by atomic mass is 16.5. The SMILES string of the molecule is COCCCOCCC1(C(=O)O)CCCCCC1. The Kier molecular flexibility index (Phi) is 7.28. The first-order chi connectivity index (χ1) is 8.71. The number of hydrogen-bond donors (Lipinski definition) is 1. The molecular formula is C14H26O4. The Morgan fingerprint density at radius 3 is 2.33 bits per heavy atom. The molecule has 0 atom stereocenters. The van der Waals surface area contributed by atoms with Crippen LogP contribution in [0.2, 0.25) is 0 Å². The second kappa shape index (κ2) is 8.48. The summed E-state index contributed by atoms with van der Waals surface area (Å²) in [5.41, 5.74) is -0.530. The minimum atomic E-state index is -0.634. The summed E-state index contributed by atoms with van der Waals surface area (Å²) in [6.07, 6.45) is 7.55. The lowest BCUT2D eigenvalue weighted by molar-refractivity contribution is -0.151. The molecule has 0 aliphatic heterocycles. The molecule has 4 nitrogen and oxygen atoms in total. The minimum absolute atomic E-state index is 0.530. The smallest absolute Gasteiger partial charge is 0.309 e. The van der Waals surface area contributed by atoms with Gasteiger partial charge in [-0.25, -0.2) is 0 Å². The van der Waals surface area contributed by atoms with Gasteiger partial charge in [0, 0.05) is 26.9 Å². The lowest BCUT2D eigenvalue weighted by Crippen LogP contribution is -2.32. The second-order valence-corrected chi connectivity index (χ2v) is 5.21. The van der Waals surface area contributed by atoms with E-state index >= 15 is 0 Å². The van der Waals surface area contributed by atoms with Crippen LogP contribution in [0.4, 0.5) is 0 Å². The van der Waals surface area contributed by atoms with E-state index in [-0.39, 0.29) is 0 Å². The maximum absolute atomic E-state index is 11.5. The maximum atomic E-state index is 11.5. The molecule has 18 heavy (non-hydrogen) atoms. The molecule has 0 bridgehead atoms. The molecule has 4 heteroatoms. The third-order valence-corrected chi connectivity index (χ3v) is 3.88. The molecule has 1 fully saturated rings. The van der Waals surface area contributed by atoms with Crippen LogP contribution in [0.1, 0.15) is 51.4 Å². The van der Waals surface area contributed by atoms with Crippen molar-refractivity contribution in [3.63, 3.8) is 0 Å². The van der Waals surface area contributed by atoms with E-state index in [1.54, 1.807) is 7.11 Å². The normalized spacial score (nSPS) is 19.4. The standard InChI is InChI=1S/C14H26O4/c1-17-10-6-11-18-12-9-14(13(15)16)7-4-2-3-5-8-14/h2-12H2,1H3,(H,15,16). The van der Waals surface area contributed by atoms with Crippen molar-refractivity contribution in [1.82, 2.24) is 0 Å². The summed E-state index contributed by atoms with van der Waals surface area (Å²) >= 11 is 0. The Balaban J connectivity index is 2.31. The predicted molar refractivity (Wildman–Crippen MR) is 69.7 cm³/mol. The molecule has 0 amide bonds. The van der Waals surface area contributed by atoms with E-state index in [4.69, 9.17) is 9.47 Å². The Bertz CT molecular complexity index is 232. The molecule has 0 unspecified atom stereocenters. The number of aliphatic carboxylic acids is 1. The summed E-state index contributed by atoms with van der Waals surface area (Å²) in [4.78, 5) is 11.5. The molecule has 0 aromatic heterocycles. The Hall–Kier alpha value is -0.610. The largest absolute Gasteiger partial charge is 0.481 e. The summed E-state index contributed by atoms with van der Waals surface area (Å²) in [5.74, 6) is -0.634. The quantitative estimate of drug-likeness (QED) is 0.537. The summed E-state index contributed by atoms with van der Waals surface area (Å²) in [6.45, 7) is 1.91. The summed E-state index contributed by atoms with van der Waals surface area (Å²) in [5, 5.41) is 9.48. The van der Waals surface area contributed by atoms with Crippen molar-refractivity contribution < 1.29 is 19.4 Å². The van der Waals surface area contributed by atoms with Crippen LogP contribution in [0.15, 0.2) is 0 Å². The highest BCUT2D eigenvalue weighted by molar-refractivity contribution is 5.74. The highest BCUT2D eigenvalue weighted by Gasteiger charge is 2.38. The van der Waals surface area contributed by atoms with Crippen LogP contribution in [-0.2, 0) is 14.3 Å². The van der Waals surface area contributed by atoms with Crippen LogP contribution in [0.3, 0.4) is 0 Å². The van der Waals surface area contributed by atoms with Gasteiger partial charge in [0.2, 0.25) is 0 Å². The molecule has 1 N–H and O–H groups in total. The summed E-state index contributed by atoms with van der Waals surface area (Å²) in [7, 11) is 1.67. The van der Waals surface area contributed by atoms with E-state index in [1.165, 1.54) is 12.8 Å². The van der Waals surface area contributed by atoms with Crippen LogP contribution in [-0.4, -0.2) is 38.0 Å². The molecule has 1 aliphatic rings. The fraction of sp³-hybridized carbons (Fsp3) is 0.929. The first-order valence-corrected chi connectivity index (χ1v) is 7.01. The van der Waals surface area contributed by atoms with Crippen LogP contribution in [0, 0.1) is 5.41 Å². The number of ether oxygens (including phenoxy) is 2. The fourth-order valence-corrected chi connectivity index (χ4v) is 2.65. The zero-order valence-electron chi connectivity index (χ0n) is 11.5. The third kappa shape index (κ3) is 4.94. The third-order valence-electron chi connectivity index (χ3n) is 3.88. The van der Waals surface area contributed by atoms with Crippen molar-refractivity contribution in [2.75, 3.05) is 26.9 Å². The van der Waals surface area contributed by atoms with Crippen LogP contribution < -0.4 is 0 Å². The lowest BCUT2D eigenvalue weighted by Gasteiger charge is -2.27. The molecule has 0 radical (unpaired) electrons. The summed E-state index contributed by atoms with van der Waals surface area (Å²) < 4.78 is 10.4. The van der Waals surface area contributed by atoms with Crippen molar-refractivity contribution in [2.45, 2.75) is 51.4 Å². The van der Waals surface area contributed by atoms with Crippen LogP contribution >= 0.6 is 0 Å². The van der Waals surface area contributed by atoms with Crippen molar-refractivity contribution in [3.05, 3.63) is 0 Å². The van der Waals surface area contributed by atoms with Crippen LogP contribution in [0.5, 0.6) is 0 Å². The molecule has 106 valence electrons. The summed E-state index contributed by atoms with van der Waals surface area (Å²) in [6, 6.07) is 0. The van der Waals surface area contributed by atoms with Gasteiger partial charge in [-0.3, -0.25) is 4.79 Å². The van der Waals surface area contributed by atoms with Crippen molar-refractivity contribution >= 4 is 5.97 Å². The molecule has 0 heterocycles. The van der Waals surface area contributed by atoms with E-state index in [9.17, 15) is 9.90 Å². The number of hydrogen-bond acceptors (Lipinski definition) is 3. The molecule has 1 aliphatic carbocycles. The van der Waals surface area contributed by atoms with Gasteiger partial charge < -0.3 is 14.6 Å². The predicted octanol–water partition coefficient (Wildman–Crippen LogP) is 2.85. The van der Waals surface area contributed by atoms with Crippen molar-refractivity contribution in [1.29, 1.82) is 0 Å². The Morgan fingerprint density at radius 2 is 1.78 bits per heavy atom. The maximum Gasteiger partial charge on any atom is 0.309 e. The van der Waals surface area contributed by atoms with Gasteiger partial charge in [0.1, 0.15) is 0 Å². The molecule has 0 aromatic rings. The number of carboxylic acid groups (broad SMARTS) is 1. The Labute approximate surface area is 110 Å². The molecular weight excluding hydrogens is 232 g/mol. The molecule has 1 saturated carbocycles. The minimum Gasteiger partial charge on any atom is -0.481 e. The molecule has 1 rings (SSSR count). The average molecular weight is 258 g/mol. The number of carbonyl (C=O) groups is 1. The average Bonchev–Trinajstić information content (AvgIpc) is 2.60. The first kappa shape index (κ1) is 15.4. The highest BCUT2D eigenvalue weighted by Crippen LogP contribution is 2.38. The Morgan fingerprint density at radius 1 is 1.11 bits per heavy atom. The van der Waals surface area contributed by atoms with E-state index in [1.807, 2.05) is 0 Å². The molecule has 0 aromatic carbocycles. The lowest BCUT2D eigenvalue weighted by atomic mass is 9.78. The first-order valence-electron chi connectivity index (χ1n) is 7.01. The van der Waals surface area contributed by atoms with Gasteiger partial charge in [0.05, 0.1) is 5.41 Å². The van der Waals surface area contributed by atoms with Gasteiger partial charge in [-0.1, -0.05) is 25.7 Å². The zero-order valence-corrected chi connectivity index (χ0v) is 11.5. The van der Waals surface area contributed by atoms with E-state index < -0.39 is 11.4 Å². The topological polar surface area (TPSA) is 55.8 Å². The van der Waals surface area contributed by atoms with Crippen molar-refractivity contribution in [2.24, 2.45) is 5.41 Å². The number of rotatable bonds is 8. The van der Waals surface area contributed by atoms with Gasteiger partial charge in [-0.05, 0) is 25.7 Å². The van der Waals surface area contributed by atoms with Gasteiger partial charge in [-0.2, -0.15) is 0 Å². The van der Waals surface area contributed by atoms with Gasteiger partial charge in [0.15, 0.2) is 0 Å². The van der Waals surface area contributed by atoms with Crippen LogP contribution in [0.25, 0.3) is 0 Å². The molecule has 0 saturated heterocycles. The van der Waals surface area contributed by atoms with E-state index in [0.717, 1.165) is 32.1 Å². The van der Waals surface area contributed by atoms with Crippen molar-refractivity contribution in [3.8, 4) is 0 Å². The van der Waals surface area contributed by atoms with E-state index in [0.29, 0.717) is 26.2 Å². The zero-order chi connectivity index (χ0) is 13.3. The monoisotopic (exact) mass is 258 g/mol. The second-order valence-electron chi connectivity index (χ2n) is 5.21. The van der Waals surface area contributed by atoms with Gasteiger partial charge in [0.25, 0.3) is 0 Å². The van der Waals surface area contributed by atoms with E-state index in [2.05, 4.69) is 0 Å². The number of methoxy groups -OCH3 is 1. The number of carboxylic acids is 1. The fourth-order valence-electron chi connectivity index (χ4n) is 2.65.